The maximum absolute atomic E-state index is 12.3. The highest BCUT2D eigenvalue weighted by Crippen LogP contribution is 2.41. The second-order valence-electron chi connectivity index (χ2n) is 6.34. The fourth-order valence-electron chi connectivity index (χ4n) is 3.55. The zero-order chi connectivity index (χ0) is 16.6. The van der Waals surface area contributed by atoms with Crippen LogP contribution in [0.3, 0.4) is 0 Å². The minimum atomic E-state index is -0.480. The maximum atomic E-state index is 12.3. The lowest BCUT2D eigenvalue weighted by molar-refractivity contribution is -0.0302. The molecule has 2 bridgehead atoms. The predicted molar refractivity (Wildman–Crippen MR) is 89.5 cm³/mol. The molecule has 2 fully saturated rings. The fraction of sp³-hybridized carbons (Fsp3) is 0.333. The van der Waals surface area contributed by atoms with E-state index in [1.165, 1.54) is 18.0 Å². The van der Waals surface area contributed by atoms with E-state index in [9.17, 15) is 4.79 Å². The fourth-order valence-corrected chi connectivity index (χ4v) is 3.75. The first-order valence-electron chi connectivity index (χ1n) is 7.99. The summed E-state index contributed by atoms with van der Waals surface area (Å²) in [4.78, 5) is 14.5. The average molecular weight is 345 g/mol. The standard InChI is InChI=1S/C18H17ClN2O3/c19-14-4-1-3-13(9-14)10-15-11-18(6-2-8-21(15)12-18)23-17(22)16-5-7-20-24-16/h1,3-5,7,9-10H,2,6,8,11-12H2/b15-10+. The first kappa shape index (κ1) is 15.3. The van der Waals surface area contributed by atoms with Crippen LogP contribution in [-0.4, -0.2) is 34.7 Å². The quantitative estimate of drug-likeness (QED) is 0.793. The van der Waals surface area contributed by atoms with E-state index in [1.807, 2.05) is 24.3 Å². The van der Waals surface area contributed by atoms with E-state index in [4.69, 9.17) is 20.9 Å². The van der Waals surface area contributed by atoms with Crippen molar-refractivity contribution in [1.82, 2.24) is 10.1 Å². The Bertz CT molecular complexity index is 787. The number of esters is 1. The first-order chi connectivity index (χ1) is 11.6. The Labute approximate surface area is 144 Å². The maximum Gasteiger partial charge on any atom is 0.377 e. The number of carbonyl (C=O) groups excluding carboxylic acids is 1. The summed E-state index contributed by atoms with van der Waals surface area (Å²) in [7, 11) is 0. The van der Waals surface area contributed by atoms with Crippen LogP contribution in [0.15, 0.2) is 46.7 Å². The lowest BCUT2D eigenvalue weighted by Crippen LogP contribution is -2.42. The number of carbonyl (C=O) groups is 1. The third-order valence-electron chi connectivity index (χ3n) is 4.58. The Balaban J connectivity index is 1.57. The van der Waals surface area contributed by atoms with E-state index in [2.05, 4.69) is 16.1 Å². The van der Waals surface area contributed by atoms with Crippen molar-refractivity contribution in [3.8, 4) is 0 Å². The molecule has 2 aromatic rings. The molecule has 4 rings (SSSR count). The number of hydrogen-bond donors (Lipinski definition) is 0. The third-order valence-corrected chi connectivity index (χ3v) is 4.81. The number of nitrogens with zero attached hydrogens (tertiary/aromatic N) is 2. The summed E-state index contributed by atoms with van der Waals surface area (Å²) < 4.78 is 10.7. The van der Waals surface area contributed by atoms with E-state index in [-0.39, 0.29) is 5.76 Å². The smallest absolute Gasteiger partial charge is 0.377 e. The van der Waals surface area contributed by atoms with Gasteiger partial charge in [-0.05, 0) is 36.6 Å². The van der Waals surface area contributed by atoms with Crippen LogP contribution in [0, 0.1) is 0 Å². The van der Waals surface area contributed by atoms with Crippen LogP contribution < -0.4 is 0 Å². The van der Waals surface area contributed by atoms with Gasteiger partial charge in [-0.25, -0.2) is 4.79 Å². The van der Waals surface area contributed by atoms with Crippen LogP contribution >= 0.6 is 11.6 Å². The second kappa shape index (κ2) is 5.98. The van der Waals surface area contributed by atoms with E-state index >= 15 is 0 Å². The van der Waals surface area contributed by atoms with Gasteiger partial charge in [-0.2, -0.15) is 0 Å². The van der Waals surface area contributed by atoms with Gasteiger partial charge in [0.1, 0.15) is 5.60 Å². The van der Waals surface area contributed by atoms with Gasteiger partial charge in [0.15, 0.2) is 0 Å². The van der Waals surface area contributed by atoms with Crippen LogP contribution in [0.5, 0.6) is 0 Å². The molecular weight excluding hydrogens is 328 g/mol. The molecule has 124 valence electrons. The molecule has 2 aliphatic heterocycles. The topological polar surface area (TPSA) is 55.6 Å². The highest BCUT2D eigenvalue weighted by Gasteiger charge is 2.47. The highest BCUT2D eigenvalue weighted by molar-refractivity contribution is 6.30. The molecule has 1 atom stereocenters. The molecule has 0 N–H and O–H groups in total. The number of aromatic nitrogens is 1. The molecule has 5 nitrogen and oxygen atoms in total. The van der Waals surface area contributed by atoms with Gasteiger partial charge in [0, 0.05) is 29.8 Å². The largest absolute Gasteiger partial charge is 0.451 e. The summed E-state index contributed by atoms with van der Waals surface area (Å²) in [5.41, 5.74) is 1.76. The van der Waals surface area contributed by atoms with Gasteiger partial charge in [0.25, 0.3) is 0 Å². The number of piperidine rings is 1. The molecule has 6 heteroatoms. The summed E-state index contributed by atoms with van der Waals surface area (Å²) in [6, 6.07) is 9.28. The van der Waals surface area contributed by atoms with Crippen molar-refractivity contribution in [3.05, 3.63) is 58.6 Å². The molecule has 1 unspecified atom stereocenters. The molecular formula is C18H17ClN2O3. The van der Waals surface area contributed by atoms with Crippen molar-refractivity contribution < 1.29 is 14.1 Å². The Kier molecular flexibility index (Phi) is 3.81. The lowest BCUT2D eigenvalue weighted by atomic mass is 9.94. The van der Waals surface area contributed by atoms with Crippen molar-refractivity contribution >= 4 is 23.6 Å². The monoisotopic (exact) mass is 344 g/mol. The summed E-state index contributed by atoms with van der Waals surface area (Å²) in [6.07, 6.45) is 6.13. The van der Waals surface area contributed by atoms with Crippen LogP contribution in [0.25, 0.3) is 6.08 Å². The molecule has 24 heavy (non-hydrogen) atoms. The van der Waals surface area contributed by atoms with Crippen molar-refractivity contribution in [3.63, 3.8) is 0 Å². The Morgan fingerprint density at radius 2 is 2.33 bits per heavy atom. The van der Waals surface area contributed by atoms with Crippen LogP contribution in [0.1, 0.15) is 35.4 Å². The summed E-state index contributed by atoms with van der Waals surface area (Å²) in [6.45, 7) is 1.70. The lowest BCUT2D eigenvalue weighted by Gasteiger charge is -2.33. The minimum Gasteiger partial charge on any atom is -0.451 e. The van der Waals surface area contributed by atoms with Gasteiger partial charge < -0.3 is 14.2 Å². The molecule has 1 aromatic heterocycles. The van der Waals surface area contributed by atoms with Crippen LogP contribution in [-0.2, 0) is 4.74 Å². The van der Waals surface area contributed by atoms with Crippen molar-refractivity contribution in [2.45, 2.75) is 24.9 Å². The zero-order valence-corrected chi connectivity index (χ0v) is 13.8. The number of rotatable bonds is 3. The van der Waals surface area contributed by atoms with Crippen molar-refractivity contribution in [2.24, 2.45) is 0 Å². The number of halogens is 1. The van der Waals surface area contributed by atoms with Crippen molar-refractivity contribution in [1.29, 1.82) is 0 Å². The molecule has 1 aromatic carbocycles. The van der Waals surface area contributed by atoms with Gasteiger partial charge in [-0.15, -0.1) is 0 Å². The number of ether oxygens (including phenoxy) is 1. The molecule has 0 radical (unpaired) electrons. The number of fused-ring (bicyclic) bond motifs is 2. The molecule has 0 spiro atoms. The zero-order valence-electron chi connectivity index (χ0n) is 13.1. The number of benzene rings is 1. The minimum absolute atomic E-state index is 0.147. The summed E-state index contributed by atoms with van der Waals surface area (Å²) in [5.74, 6) is -0.299. The SMILES string of the molecule is O=C(OC12CCCN(C1)/C(=C/c1cccc(Cl)c1)C2)c1ccno1. The van der Waals surface area contributed by atoms with Gasteiger partial charge in [0.05, 0.1) is 12.7 Å². The molecule has 3 heterocycles. The summed E-state index contributed by atoms with van der Waals surface area (Å²) >= 11 is 6.07. The molecule has 2 aliphatic rings. The third kappa shape index (κ3) is 2.91. The Morgan fingerprint density at radius 3 is 3.12 bits per heavy atom. The van der Waals surface area contributed by atoms with Gasteiger partial charge in [-0.1, -0.05) is 28.9 Å². The Hall–Kier alpha value is -2.27. The Morgan fingerprint density at radius 1 is 1.42 bits per heavy atom. The molecule has 0 aliphatic carbocycles. The van der Waals surface area contributed by atoms with Crippen LogP contribution in [0.2, 0.25) is 5.02 Å². The average Bonchev–Trinajstić information content (AvgIpc) is 3.15. The molecule has 2 saturated heterocycles. The van der Waals surface area contributed by atoms with Gasteiger partial charge in [0.2, 0.25) is 5.76 Å². The summed E-state index contributed by atoms with van der Waals surface area (Å²) in [5, 5.41) is 4.28. The second-order valence-corrected chi connectivity index (χ2v) is 6.78. The van der Waals surface area contributed by atoms with E-state index in [0.29, 0.717) is 11.4 Å². The predicted octanol–water partition coefficient (Wildman–Crippen LogP) is 3.76. The van der Waals surface area contributed by atoms with Gasteiger partial charge in [-0.3, -0.25) is 0 Å². The van der Waals surface area contributed by atoms with Gasteiger partial charge >= 0.3 is 5.97 Å². The number of hydrogen-bond acceptors (Lipinski definition) is 5. The molecule has 0 amide bonds. The first-order valence-corrected chi connectivity index (χ1v) is 8.37. The van der Waals surface area contributed by atoms with E-state index in [0.717, 1.165) is 31.5 Å². The van der Waals surface area contributed by atoms with Crippen molar-refractivity contribution in [2.75, 3.05) is 13.1 Å². The van der Waals surface area contributed by atoms with E-state index < -0.39 is 11.6 Å². The highest BCUT2D eigenvalue weighted by atomic mass is 35.5. The van der Waals surface area contributed by atoms with Crippen LogP contribution in [0.4, 0.5) is 0 Å². The molecule has 0 saturated carbocycles. The van der Waals surface area contributed by atoms with E-state index in [1.54, 1.807) is 0 Å². The normalized spacial score (nSPS) is 24.4.